The molecule has 0 heterocycles. The van der Waals surface area contributed by atoms with Crippen LogP contribution >= 0.6 is 0 Å². The van der Waals surface area contributed by atoms with Crippen molar-refractivity contribution in [1.29, 1.82) is 5.26 Å². The number of primary amides is 1. The van der Waals surface area contributed by atoms with E-state index in [1.54, 1.807) is 6.92 Å². The summed E-state index contributed by atoms with van der Waals surface area (Å²) in [6.07, 6.45) is 0.611. The molecule has 3 N–H and O–H groups in total. The molecule has 0 bridgehead atoms. The molecule has 0 radical (unpaired) electrons. The summed E-state index contributed by atoms with van der Waals surface area (Å²) < 4.78 is 0. The molecule has 0 aliphatic rings. The van der Waals surface area contributed by atoms with Crippen LogP contribution in [0.4, 0.5) is 0 Å². The molecule has 0 aliphatic heterocycles. The number of nitrogens with one attached hydrogen (secondary N) is 1. The predicted octanol–water partition coefficient (Wildman–Crippen LogP) is 0.552. The molecule has 5 heteroatoms. The quantitative estimate of drug-likeness (QED) is 0.691. The monoisotopic (exact) mass is 225 g/mol. The van der Waals surface area contributed by atoms with Crippen LogP contribution < -0.4 is 11.1 Å². The fourth-order valence-electron chi connectivity index (χ4n) is 1.28. The number of nitriles is 1. The number of rotatable bonds is 6. The second kappa shape index (κ2) is 6.83. The lowest BCUT2D eigenvalue weighted by molar-refractivity contribution is -0.128. The molecule has 0 aromatic carbocycles. The van der Waals surface area contributed by atoms with Crippen LogP contribution in [0, 0.1) is 23.2 Å². The van der Waals surface area contributed by atoms with Crippen LogP contribution in [0.3, 0.4) is 0 Å². The molecule has 0 saturated heterocycles. The molecule has 0 saturated carbocycles. The van der Waals surface area contributed by atoms with Crippen LogP contribution in [-0.2, 0) is 9.59 Å². The first kappa shape index (κ1) is 14.4. The normalized spacial score (nSPS) is 13.9. The Hall–Kier alpha value is -1.57. The maximum absolute atomic E-state index is 11.4. The van der Waals surface area contributed by atoms with Crippen LogP contribution in [-0.4, -0.2) is 17.9 Å². The van der Waals surface area contributed by atoms with Gasteiger partial charge in [-0.05, 0) is 19.3 Å². The molecular formula is C11H19N3O2. The molecule has 0 rings (SSSR count). The summed E-state index contributed by atoms with van der Waals surface area (Å²) in [6.45, 7) is 5.51. The smallest absolute Gasteiger partial charge is 0.240 e. The van der Waals surface area contributed by atoms with Crippen LogP contribution in [0.2, 0.25) is 0 Å². The van der Waals surface area contributed by atoms with E-state index in [9.17, 15) is 9.59 Å². The third kappa shape index (κ3) is 6.02. The molecule has 0 aliphatic carbocycles. The number of hydrogen-bond donors (Lipinski definition) is 2. The molecule has 0 aromatic heterocycles. The van der Waals surface area contributed by atoms with Crippen LogP contribution in [0.15, 0.2) is 0 Å². The maximum Gasteiger partial charge on any atom is 0.240 e. The molecular weight excluding hydrogens is 206 g/mol. The maximum atomic E-state index is 11.4. The first-order valence-electron chi connectivity index (χ1n) is 5.35. The number of nitrogens with zero attached hydrogens (tertiary/aromatic N) is 1. The van der Waals surface area contributed by atoms with Crippen molar-refractivity contribution in [3.8, 4) is 6.07 Å². The Bertz CT molecular complexity index is 294. The lowest BCUT2D eigenvalue weighted by Crippen LogP contribution is -2.45. The highest BCUT2D eigenvalue weighted by Crippen LogP contribution is 2.06. The molecule has 0 fully saturated rings. The highest BCUT2D eigenvalue weighted by Gasteiger charge is 2.20. The third-order valence-corrected chi connectivity index (χ3v) is 2.08. The summed E-state index contributed by atoms with van der Waals surface area (Å²) in [4.78, 5) is 22.5. The molecule has 2 atom stereocenters. The van der Waals surface area contributed by atoms with Gasteiger partial charge in [0.15, 0.2) is 0 Å². The minimum Gasteiger partial charge on any atom is -0.368 e. The molecule has 0 aromatic rings. The number of carbonyl (C=O) groups is 2. The van der Waals surface area contributed by atoms with Crippen LogP contribution in [0.1, 0.15) is 33.6 Å². The van der Waals surface area contributed by atoms with E-state index in [1.807, 2.05) is 19.9 Å². The van der Waals surface area contributed by atoms with E-state index >= 15 is 0 Å². The fraction of sp³-hybridized carbons (Fsp3) is 0.727. The largest absolute Gasteiger partial charge is 0.368 e. The van der Waals surface area contributed by atoms with Crippen molar-refractivity contribution in [3.63, 3.8) is 0 Å². The zero-order chi connectivity index (χ0) is 12.7. The van der Waals surface area contributed by atoms with Gasteiger partial charge < -0.3 is 11.1 Å². The van der Waals surface area contributed by atoms with E-state index in [-0.39, 0.29) is 24.2 Å². The number of nitrogens with two attached hydrogens (primary N) is 1. The third-order valence-electron chi connectivity index (χ3n) is 2.08. The topological polar surface area (TPSA) is 96.0 Å². The Balaban J connectivity index is 4.30. The van der Waals surface area contributed by atoms with E-state index in [0.29, 0.717) is 6.42 Å². The van der Waals surface area contributed by atoms with Gasteiger partial charge >= 0.3 is 0 Å². The average Bonchev–Trinajstić information content (AvgIpc) is 2.14. The van der Waals surface area contributed by atoms with Crippen LogP contribution in [0.5, 0.6) is 0 Å². The predicted molar refractivity (Wildman–Crippen MR) is 60.0 cm³/mol. The van der Waals surface area contributed by atoms with Crippen LogP contribution in [0.25, 0.3) is 0 Å². The Labute approximate surface area is 96.0 Å². The van der Waals surface area contributed by atoms with Crippen molar-refractivity contribution in [1.82, 2.24) is 5.32 Å². The fourth-order valence-corrected chi connectivity index (χ4v) is 1.28. The Morgan fingerprint density at radius 2 is 1.94 bits per heavy atom. The van der Waals surface area contributed by atoms with Gasteiger partial charge in [-0.2, -0.15) is 5.26 Å². The lowest BCUT2D eigenvalue weighted by atomic mass is 10.0. The highest BCUT2D eigenvalue weighted by atomic mass is 16.2. The van der Waals surface area contributed by atoms with Crippen molar-refractivity contribution in [3.05, 3.63) is 0 Å². The van der Waals surface area contributed by atoms with Gasteiger partial charge in [-0.15, -0.1) is 0 Å². The molecule has 5 nitrogen and oxygen atoms in total. The van der Waals surface area contributed by atoms with Gasteiger partial charge in [0.1, 0.15) is 6.04 Å². The second-order valence-electron chi connectivity index (χ2n) is 4.39. The average molecular weight is 225 g/mol. The van der Waals surface area contributed by atoms with Crippen molar-refractivity contribution in [2.45, 2.75) is 39.7 Å². The first-order chi connectivity index (χ1) is 7.36. The summed E-state index contributed by atoms with van der Waals surface area (Å²) in [7, 11) is 0. The first-order valence-corrected chi connectivity index (χ1v) is 5.35. The van der Waals surface area contributed by atoms with E-state index in [2.05, 4.69) is 5.32 Å². The molecule has 90 valence electrons. The number of amides is 2. The van der Waals surface area contributed by atoms with Gasteiger partial charge in [-0.25, -0.2) is 0 Å². The van der Waals surface area contributed by atoms with Crippen molar-refractivity contribution in [2.24, 2.45) is 17.6 Å². The zero-order valence-electron chi connectivity index (χ0n) is 9.99. The van der Waals surface area contributed by atoms with E-state index in [0.717, 1.165) is 0 Å². The van der Waals surface area contributed by atoms with Gasteiger partial charge in [0, 0.05) is 12.3 Å². The number of hydrogen-bond acceptors (Lipinski definition) is 3. The Morgan fingerprint density at radius 1 is 1.38 bits per heavy atom. The summed E-state index contributed by atoms with van der Waals surface area (Å²) in [5.74, 6) is -0.887. The molecule has 0 spiro atoms. The summed E-state index contributed by atoms with van der Waals surface area (Å²) in [6, 6.07) is 1.26. The minimum atomic E-state index is -0.749. The lowest BCUT2D eigenvalue weighted by Gasteiger charge is -2.17. The second-order valence-corrected chi connectivity index (χ2v) is 4.39. The number of carbonyl (C=O) groups excluding carboxylic acids is 2. The summed E-state index contributed by atoms with van der Waals surface area (Å²) >= 11 is 0. The SMILES string of the molecule is CC(C)CC(=O)N[C@H](C[C@@H](C)C#N)C(N)=O. The molecule has 16 heavy (non-hydrogen) atoms. The summed E-state index contributed by atoms with van der Waals surface area (Å²) in [5, 5.41) is 11.2. The van der Waals surface area contributed by atoms with Crippen molar-refractivity contribution in [2.75, 3.05) is 0 Å². The minimum absolute atomic E-state index is 0.205. The van der Waals surface area contributed by atoms with Gasteiger partial charge in [-0.3, -0.25) is 9.59 Å². The van der Waals surface area contributed by atoms with Gasteiger partial charge in [0.25, 0.3) is 0 Å². The standard InChI is InChI=1S/C11H19N3O2/c1-7(2)4-10(15)14-9(11(13)16)5-8(3)6-12/h7-9H,4-5H2,1-3H3,(H2,13,16)(H,14,15)/t8-,9-/m1/s1. The molecule has 0 unspecified atom stereocenters. The summed E-state index contributed by atoms with van der Waals surface area (Å²) in [5.41, 5.74) is 5.16. The van der Waals surface area contributed by atoms with Crippen molar-refractivity contribution >= 4 is 11.8 Å². The molecule has 2 amide bonds. The van der Waals surface area contributed by atoms with E-state index in [1.165, 1.54) is 0 Å². The van der Waals surface area contributed by atoms with Gasteiger partial charge in [-0.1, -0.05) is 13.8 Å². The van der Waals surface area contributed by atoms with Gasteiger partial charge in [0.2, 0.25) is 11.8 Å². The van der Waals surface area contributed by atoms with E-state index < -0.39 is 11.9 Å². The zero-order valence-corrected chi connectivity index (χ0v) is 9.99. The van der Waals surface area contributed by atoms with Gasteiger partial charge in [0.05, 0.1) is 6.07 Å². The Kier molecular flexibility index (Phi) is 6.16. The van der Waals surface area contributed by atoms with E-state index in [4.69, 9.17) is 11.0 Å². The van der Waals surface area contributed by atoms with Crippen molar-refractivity contribution < 1.29 is 9.59 Å². The Morgan fingerprint density at radius 3 is 2.31 bits per heavy atom. The highest BCUT2D eigenvalue weighted by molar-refractivity contribution is 5.86.